The van der Waals surface area contributed by atoms with Gasteiger partial charge in [-0.15, -0.1) is 6.58 Å². The lowest BCUT2D eigenvalue weighted by Crippen LogP contribution is -2.45. The van der Waals surface area contributed by atoms with Crippen molar-refractivity contribution in [3.8, 4) is 0 Å². The normalized spacial score (nSPS) is 13.1. The fraction of sp³-hybridized carbons (Fsp3) is 0.524. The van der Waals surface area contributed by atoms with E-state index in [-0.39, 0.29) is 50.0 Å². The maximum atomic E-state index is 12.8. The van der Waals surface area contributed by atoms with Crippen LogP contribution >= 0.6 is 0 Å². The van der Waals surface area contributed by atoms with Crippen LogP contribution in [0.15, 0.2) is 43.0 Å². The zero-order chi connectivity index (χ0) is 20.2. The van der Waals surface area contributed by atoms with Gasteiger partial charge in [0.05, 0.1) is 25.2 Å². The molecule has 0 radical (unpaired) electrons. The van der Waals surface area contributed by atoms with E-state index >= 15 is 0 Å². The molecule has 1 aromatic carbocycles. The van der Waals surface area contributed by atoms with Crippen LogP contribution in [0.4, 0.5) is 0 Å². The van der Waals surface area contributed by atoms with Crippen LogP contribution in [0.2, 0.25) is 0 Å². The van der Waals surface area contributed by atoms with Crippen molar-refractivity contribution in [3.63, 3.8) is 0 Å². The van der Waals surface area contributed by atoms with Gasteiger partial charge < -0.3 is 20.4 Å². The molecule has 0 aliphatic heterocycles. The van der Waals surface area contributed by atoms with Crippen LogP contribution < -0.4 is 5.32 Å². The average molecular weight is 376 g/mol. The zero-order valence-electron chi connectivity index (χ0n) is 16.3. The number of aliphatic hydroxyl groups is 2. The molecule has 0 spiro atoms. The zero-order valence-corrected chi connectivity index (χ0v) is 16.3. The molecular weight excluding hydrogens is 344 g/mol. The molecule has 0 saturated heterocycles. The lowest BCUT2D eigenvalue weighted by atomic mass is 9.97. The van der Waals surface area contributed by atoms with E-state index in [0.717, 1.165) is 5.56 Å². The Labute approximate surface area is 161 Å². The topological polar surface area (TPSA) is 89.9 Å². The van der Waals surface area contributed by atoms with Gasteiger partial charge in [0.15, 0.2) is 0 Å². The number of amides is 2. The second kappa shape index (κ2) is 12.3. The maximum Gasteiger partial charge on any atom is 0.224 e. The van der Waals surface area contributed by atoms with Crippen molar-refractivity contribution in [1.82, 2.24) is 10.2 Å². The molecule has 0 saturated carbocycles. The van der Waals surface area contributed by atoms with Gasteiger partial charge in [-0.3, -0.25) is 9.59 Å². The summed E-state index contributed by atoms with van der Waals surface area (Å²) in [6.07, 6.45) is 2.02. The quantitative estimate of drug-likeness (QED) is 0.485. The van der Waals surface area contributed by atoms with E-state index in [1.165, 1.54) is 0 Å². The van der Waals surface area contributed by atoms with Gasteiger partial charge in [0.25, 0.3) is 0 Å². The standard InChI is InChI=1S/C21H32N2O4/c1-4-8-18(21(27)22-19(15-25)16(2)3)13-20(26)23(11-12-24)14-17-9-6-5-7-10-17/h4-7,9-10,16,18-19,24-25H,1,8,11-15H2,2-3H3,(H,22,27)/t18-,19+/m0/s1. The van der Waals surface area contributed by atoms with Gasteiger partial charge in [0.1, 0.15) is 0 Å². The number of aliphatic hydroxyl groups excluding tert-OH is 2. The maximum absolute atomic E-state index is 12.8. The number of hydrogen-bond donors (Lipinski definition) is 3. The van der Waals surface area contributed by atoms with E-state index in [9.17, 15) is 19.8 Å². The number of rotatable bonds is 12. The first-order valence-electron chi connectivity index (χ1n) is 9.37. The Morgan fingerprint density at radius 3 is 2.41 bits per heavy atom. The van der Waals surface area contributed by atoms with Crippen LogP contribution in [-0.2, 0) is 16.1 Å². The van der Waals surface area contributed by atoms with Crippen molar-refractivity contribution >= 4 is 11.8 Å². The number of nitrogens with one attached hydrogen (secondary N) is 1. The molecule has 2 atom stereocenters. The third-order valence-electron chi connectivity index (χ3n) is 4.51. The first-order valence-corrected chi connectivity index (χ1v) is 9.37. The van der Waals surface area contributed by atoms with E-state index in [1.54, 1.807) is 11.0 Å². The van der Waals surface area contributed by atoms with Crippen LogP contribution in [0.5, 0.6) is 0 Å². The Kier molecular flexibility index (Phi) is 10.4. The molecule has 0 aliphatic carbocycles. The molecule has 0 heterocycles. The predicted molar refractivity (Wildman–Crippen MR) is 106 cm³/mol. The van der Waals surface area contributed by atoms with E-state index in [0.29, 0.717) is 13.0 Å². The Morgan fingerprint density at radius 2 is 1.89 bits per heavy atom. The molecular formula is C21H32N2O4. The van der Waals surface area contributed by atoms with Gasteiger partial charge in [-0.2, -0.15) is 0 Å². The van der Waals surface area contributed by atoms with Gasteiger partial charge in [-0.1, -0.05) is 50.3 Å². The fourth-order valence-corrected chi connectivity index (χ4v) is 2.76. The van der Waals surface area contributed by atoms with Crippen molar-refractivity contribution in [1.29, 1.82) is 0 Å². The minimum absolute atomic E-state index is 0.0287. The summed E-state index contributed by atoms with van der Waals surface area (Å²) in [5.74, 6) is -0.928. The Balaban J connectivity index is 2.80. The number of allylic oxidation sites excluding steroid dienone is 1. The monoisotopic (exact) mass is 376 g/mol. The van der Waals surface area contributed by atoms with E-state index < -0.39 is 5.92 Å². The molecule has 27 heavy (non-hydrogen) atoms. The van der Waals surface area contributed by atoms with Crippen LogP contribution in [-0.4, -0.2) is 52.7 Å². The van der Waals surface area contributed by atoms with Gasteiger partial charge in [-0.25, -0.2) is 0 Å². The molecule has 1 aromatic rings. The number of carbonyl (C=O) groups excluding carboxylic acids is 2. The highest BCUT2D eigenvalue weighted by molar-refractivity contribution is 5.86. The third kappa shape index (κ3) is 7.93. The van der Waals surface area contributed by atoms with E-state index in [4.69, 9.17) is 0 Å². The van der Waals surface area contributed by atoms with Crippen LogP contribution in [0.3, 0.4) is 0 Å². The lowest BCUT2D eigenvalue weighted by Gasteiger charge is -2.26. The molecule has 150 valence electrons. The van der Waals surface area contributed by atoms with Crippen LogP contribution in [0.1, 0.15) is 32.3 Å². The van der Waals surface area contributed by atoms with Crippen molar-refractivity contribution in [2.24, 2.45) is 11.8 Å². The van der Waals surface area contributed by atoms with E-state index in [1.807, 2.05) is 44.2 Å². The number of benzene rings is 1. The highest BCUT2D eigenvalue weighted by Gasteiger charge is 2.26. The SMILES string of the molecule is C=CC[C@@H](CC(=O)N(CCO)Cc1ccccc1)C(=O)N[C@H](CO)C(C)C. The molecule has 6 heteroatoms. The first kappa shape index (κ1) is 22.9. The summed E-state index contributed by atoms with van der Waals surface area (Å²) in [5, 5.41) is 21.5. The molecule has 0 aromatic heterocycles. The molecule has 0 fully saturated rings. The lowest BCUT2D eigenvalue weighted by molar-refractivity contribution is -0.137. The summed E-state index contributed by atoms with van der Waals surface area (Å²) in [5.41, 5.74) is 0.962. The van der Waals surface area contributed by atoms with E-state index in [2.05, 4.69) is 11.9 Å². The summed E-state index contributed by atoms with van der Waals surface area (Å²) in [6.45, 7) is 7.81. The Morgan fingerprint density at radius 1 is 1.22 bits per heavy atom. The second-order valence-electron chi connectivity index (χ2n) is 6.99. The number of nitrogens with zero attached hydrogens (tertiary/aromatic N) is 1. The van der Waals surface area contributed by atoms with Gasteiger partial charge in [0.2, 0.25) is 11.8 Å². The molecule has 3 N–H and O–H groups in total. The number of carbonyl (C=O) groups is 2. The third-order valence-corrected chi connectivity index (χ3v) is 4.51. The van der Waals surface area contributed by atoms with Crippen LogP contribution in [0.25, 0.3) is 0 Å². The van der Waals surface area contributed by atoms with Gasteiger partial charge in [0, 0.05) is 19.5 Å². The second-order valence-corrected chi connectivity index (χ2v) is 6.99. The minimum Gasteiger partial charge on any atom is -0.395 e. The molecule has 6 nitrogen and oxygen atoms in total. The smallest absolute Gasteiger partial charge is 0.224 e. The highest BCUT2D eigenvalue weighted by Crippen LogP contribution is 2.15. The predicted octanol–water partition coefficient (Wildman–Crippen LogP) is 1.72. The van der Waals surface area contributed by atoms with Gasteiger partial charge >= 0.3 is 0 Å². The average Bonchev–Trinajstić information content (AvgIpc) is 2.65. The highest BCUT2D eigenvalue weighted by atomic mass is 16.3. The molecule has 1 rings (SSSR count). The largest absolute Gasteiger partial charge is 0.395 e. The van der Waals surface area contributed by atoms with Crippen molar-refractivity contribution < 1.29 is 19.8 Å². The molecule has 2 amide bonds. The van der Waals surface area contributed by atoms with Crippen molar-refractivity contribution in [2.75, 3.05) is 19.8 Å². The molecule has 0 bridgehead atoms. The summed E-state index contributed by atoms with van der Waals surface area (Å²) in [7, 11) is 0. The van der Waals surface area contributed by atoms with Crippen molar-refractivity contribution in [3.05, 3.63) is 48.6 Å². The Bertz CT molecular complexity index is 589. The molecule has 0 unspecified atom stereocenters. The minimum atomic E-state index is -0.556. The summed E-state index contributed by atoms with van der Waals surface area (Å²) in [6, 6.07) is 9.17. The van der Waals surface area contributed by atoms with Crippen molar-refractivity contribution in [2.45, 2.75) is 39.3 Å². The first-order chi connectivity index (χ1) is 12.9. The van der Waals surface area contributed by atoms with Crippen LogP contribution in [0, 0.1) is 11.8 Å². The Hall–Kier alpha value is -2.18. The number of hydrogen-bond acceptors (Lipinski definition) is 4. The summed E-state index contributed by atoms with van der Waals surface area (Å²) < 4.78 is 0. The summed E-state index contributed by atoms with van der Waals surface area (Å²) in [4.78, 5) is 26.9. The fourth-order valence-electron chi connectivity index (χ4n) is 2.76. The molecule has 0 aliphatic rings. The summed E-state index contributed by atoms with van der Waals surface area (Å²) >= 11 is 0. The van der Waals surface area contributed by atoms with Gasteiger partial charge in [-0.05, 0) is 17.9 Å².